The van der Waals surface area contributed by atoms with Crippen LogP contribution >= 0.6 is 11.8 Å². The first-order valence-corrected chi connectivity index (χ1v) is 8.33. The van der Waals surface area contributed by atoms with Gasteiger partial charge in [0.2, 0.25) is 11.8 Å². The Morgan fingerprint density at radius 2 is 1.95 bits per heavy atom. The van der Waals surface area contributed by atoms with Crippen LogP contribution in [-0.2, 0) is 9.59 Å². The summed E-state index contributed by atoms with van der Waals surface area (Å²) in [6.07, 6.45) is 4.50. The molecule has 5 heteroatoms. The van der Waals surface area contributed by atoms with Crippen LogP contribution in [0.3, 0.4) is 0 Å². The third kappa shape index (κ3) is 2.79. The molecule has 2 N–H and O–H groups in total. The van der Waals surface area contributed by atoms with Crippen LogP contribution in [0.5, 0.6) is 0 Å². The van der Waals surface area contributed by atoms with E-state index in [1.165, 1.54) is 16.7 Å². The maximum Gasteiger partial charge on any atom is 0.243 e. The van der Waals surface area contributed by atoms with Crippen LogP contribution in [-0.4, -0.2) is 28.0 Å². The Balaban J connectivity index is 1.73. The number of benzene rings is 1. The predicted octanol–water partition coefficient (Wildman–Crippen LogP) is 2.74. The second-order valence-electron chi connectivity index (χ2n) is 5.87. The normalized spacial score (nSPS) is 23.3. The standard InChI is InChI=1S/C16H20N2O2S/c1-10-8-12(6-7-13(10)17)21-14-9-15(19)18(16(14)20)11-4-2-3-5-11/h6-8,11,14H,2-5,9,17H2,1H3. The van der Waals surface area contributed by atoms with Crippen LogP contribution < -0.4 is 5.73 Å². The number of rotatable bonds is 3. The molecule has 1 aromatic carbocycles. The van der Waals surface area contributed by atoms with Crippen molar-refractivity contribution in [3.63, 3.8) is 0 Å². The summed E-state index contributed by atoms with van der Waals surface area (Å²) < 4.78 is 0. The number of imide groups is 1. The summed E-state index contributed by atoms with van der Waals surface area (Å²) in [5, 5.41) is -0.277. The van der Waals surface area contributed by atoms with Gasteiger partial charge in [-0.15, -0.1) is 11.8 Å². The number of amides is 2. The molecule has 0 spiro atoms. The first-order valence-electron chi connectivity index (χ1n) is 7.45. The number of anilines is 1. The summed E-state index contributed by atoms with van der Waals surface area (Å²) >= 11 is 1.48. The highest BCUT2D eigenvalue weighted by atomic mass is 32.2. The Kier molecular flexibility index (Phi) is 3.93. The zero-order chi connectivity index (χ0) is 15.0. The Labute approximate surface area is 129 Å². The highest BCUT2D eigenvalue weighted by Gasteiger charge is 2.43. The number of aryl methyl sites for hydroxylation is 1. The van der Waals surface area contributed by atoms with Crippen LogP contribution in [0.25, 0.3) is 0 Å². The summed E-state index contributed by atoms with van der Waals surface area (Å²) in [5.74, 6) is -0.0112. The molecule has 1 atom stereocenters. The van der Waals surface area contributed by atoms with Crippen molar-refractivity contribution < 1.29 is 9.59 Å². The molecule has 2 amide bonds. The molecule has 1 unspecified atom stereocenters. The number of hydrogen-bond donors (Lipinski definition) is 1. The third-order valence-corrected chi connectivity index (χ3v) is 5.53. The van der Waals surface area contributed by atoms with Crippen molar-refractivity contribution in [3.05, 3.63) is 23.8 Å². The van der Waals surface area contributed by atoms with Gasteiger partial charge in [0.25, 0.3) is 0 Å². The summed E-state index contributed by atoms with van der Waals surface area (Å²) in [6.45, 7) is 1.95. The molecular weight excluding hydrogens is 284 g/mol. The molecule has 0 bridgehead atoms. The molecule has 1 saturated heterocycles. The topological polar surface area (TPSA) is 63.4 Å². The van der Waals surface area contributed by atoms with Gasteiger partial charge < -0.3 is 5.73 Å². The van der Waals surface area contributed by atoms with Gasteiger partial charge in [0.15, 0.2) is 0 Å². The fraction of sp³-hybridized carbons (Fsp3) is 0.500. The van der Waals surface area contributed by atoms with E-state index in [2.05, 4.69) is 0 Å². The molecule has 1 heterocycles. The second-order valence-corrected chi connectivity index (χ2v) is 7.15. The highest BCUT2D eigenvalue weighted by molar-refractivity contribution is 8.00. The Morgan fingerprint density at radius 3 is 2.62 bits per heavy atom. The smallest absolute Gasteiger partial charge is 0.243 e. The van der Waals surface area contributed by atoms with Gasteiger partial charge in [-0.2, -0.15) is 0 Å². The summed E-state index contributed by atoms with van der Waals surface area (Å²) in [4.78, 5) is 27.2. The van der Waals surface area contributed by atoms with E-state index in [0.29, 0.717) is 6.42 Å². The average molecular weight is 304 g/mol. The van der Waals surface area contributed by atoms with Crippen LogP contribution in [0, 0.1) is 6.92 Å². The molecule has 1 aliphatic heterocycles. The van der Waals surface area contributed by atoms with Gasteiger partial charge in [0.05, 0.1) is 5.25 Å². The average Bonchev–Trinajstić information content (AvgIpc) is 3.04. The number of hydrogen-bond acceptors (Lipinski definition) is 4. The second kappa shape index (κ2) is 5.72. The van der Waals surface area contributed by atoms with Crippen LogP contribution in [0.15, 0.2) is 23.1 Å². The first-order chi connectivity index (χ1) is 10.1. The minimum atomic E-state index is -0.277. The van der Waals surface area contributed by atoms with E-state index in [-0.39, 0.29) is 23.1 Å². The van der Waals surface area contributed by atoms with Gasteiger partial charge in [-0.25, -0.2) is 0 Å². The summed E-state index contributed by atoms with van der Waals surface area (Å²) in [5.41, 5.74) is 7.57. The number of nitrogens with two attached hydrogens (primary N) is 1. The quantitative estimate of drug-likeness (QED) is 0.689. The van der Waals surface area contributed by atoms with Crippen molar-refractivity contribution in [1.82, 2.24) is 4.90 Å². The highest BCUT2D eigenvalue weighted by Crippen LogP contribution is 2.36. The molecule has 4 nitrogen and oxygen atoms in total. The lowest BCUT2D eigenvalue weighted by atomic mass is 10.2. The molecule has 0 aromatic heterocycles. The fourth-order valence-corrected chi connectivity index (χ4v) is 4.31. The molecule has 2 fully saturated rings. The molecule has 1 aliphatic carbocycles. The van der Waals surface area contributed by atoms with E-state index in [1.54, 1.807) is 0 Å². The number of nitrogen functional groups attached to an aromatic ring is 1. The lowest BCUT2D eigenvalue weighted by Crippen LogP contribution is -2.39. The number of carbonyl (C=O) groups is 2. The van der Waals surface area contributed by atoms with E-state index >= 15 is 0 Å². The molecular formula is C16H20N2O2S. The monoisotopic (exact) mass is 304 g/mol. The van der Waals surface area contributed by atoms with E-state index in [0.717, 1.165) is 41.8 Å². The first kappa shape index (κ1) is 14.4. The molecule has 3 rings (SSSR count). The van der Waals surface area contributed by atoms with Gasteiger partial charge in [-0.3, -0.25) is 14.5 Å². The number of thioether (sulfide) groups is 1. The van der Waals surface area contributed by atoms with Crippen LogP contribution in [0.4, 0.5) is 5.69 Å². The minimum absolute atomic E-state index is 0.00318. The molecule has 21 heavy (non-hydrogen) atoms. The molecule has 1 saturated carbocycles. The lowest BCUT2D eigenvalue weighted by molar-refractivity contribution is -0.140. The van der Waals surface area contributed by atoms with Crippen molar-refractivity contribution >= 4 is 29.3 Å². The Bertz CT molecular complexity index is 582. The van der Waals surface area contributed by atoms with Gasteiger partial charge in [0.1, 0.15) is 0 Å². The number of likely N-dealkylation sites (tertiary alicyclic amines) is 1. The zero-order valence-electron chi connectivity index (χ0n) is 12.2. The van der Waals surface area contributed by atoms with Crippen molar-refractivity contribution in [1.29, 1.82) is 0 Å². The third-order valence-electron chi connectivity index (χ3n) is 4.35. The Hall–Kier alpha value is -1.49. The summed E-state index contributed by atoms with van der Waals surface area (Å²) in [6, 6.07) is 5.90. The van der Waals surface area contributed by atoms with Gasteiger partial charge in [-0.1, -0.05) is 12.8 Å². The van der Waals surface area contributed by atoms with E-state index < -0.39 is 0 Å². The van der Waals surface area contributed by atoms with Gasteiger partial charge in [-0.05, 0) is 43.5 Å². The van der Waals surface area contributed by atoms with Crippen molar-refractivity contribution in [3.8, 4) is 0 Å². The maximum absolute atomic E-state index is 12.5. The minimum Gasteiger partial charge on any atom is -0.399 e. The van der Waals surface area contributed by atoms with Crippen molar-refractivity contribution in [2.75, 3.05) is 5.73 Å². The van der Waals surface area contributed by atoms with Gasteiger partial charge in [0, 0.05) is 23.0 Å². The van der Waals surface area contributed by atoms with E-state index in [9.17, 15) is 9.59 Å². The summed E-state index contributed by atoms with van der Waals surface area (Å²) in [7, 11) is 0. The van der Waals surface area contributed by atoms with Gasteiger partial charge >= 0.3 is 0 Å². The molecule has 1 aromatic rings. The Morgan fingerprint density at radius 1 is 1.24 bits per heavy atom. The largest absolute Gasteiger partial charge is 0.399 e. The number of carbonyl (C=O) groups excluding carboxylic acids is 2. The SMILES string of the molecule is Cc1cc(SC2CC(=O)N(C3CCCC3)C2=O)ccc1N. The molecule has 112 valence electrons. The molecule has 0 radical (unpaired) electrons. The molecule has 2 aliphatic rings. The van der Waals surface area contributed by atoms with E-state index in [1.807, 2.05) is 25.1 Å². The van der Waals surface area contributed by atoms with Crippen molar-refractivity contribution in [2.24, 2.45) is 0 Å². The van der Waals surface area contributed by atoms with E-state index in [4.69, 9.17) is 5.73 Å². The maximum atomic E-state index is 12.5. The lowest BCUT2D eigenvalue weighted by Gasteiger charge is -2.22. The van der Waals surface area contributed by atoms with Crippen molar-refractivity contribution in [2.45, 2.75) is 55.2 Å². The van der Waals surface area contributed by atoms with Crippen LogP contribution in [0.1, 0.15) is 37.7 Å². The van der Waals surface area contributed by atoms with Crippen LogP contribution in [0.2, 0.25) is 0 Å². The number of nitrogens with zero attached hydrogens (tertiary/aromatic N) is 1. The zero-order valence-corrected chi connectivity index (χ0v) is 13.0. The predicted molar refractivity (Wildman–Crippen MR) is 84.0 cm³/mol. The fourth-order valence-electron chi connectivity index (χ4n) is 3.15.